The molecule has 2 N–H and O–H groups in total. The summed E-state index contributed by atoms with van der Waals surface area (Å²) in [6.07, 6.45) is 0.630. The number of halogens is 1. The molecule has 0 radical (unpaired) electrons. The number of nitrogens with two attached hydrogens (primary N) is 1. The zero-order chi connectivity index (χ0) is 15.1. The summed E-state index contributed by atoms with van der Waals surface area (Å²) >= 11 is 2.18. The molecule has 0 atom stereocenters. The fraction of sp³-hybridized carbons (Fsp3) is 0.333. The van der Waals surface area contributed by atoms with E-state index in [0.29, 0.717) is 37.9 Å². The number of anilines is 1. The summed E-state index contributed by atoms with van der Waals surface area (Å²) in [4.78, 5) is 8.94. The molecule has 0 fully saturated rings. The Morgan fingerprint density at radius 1 is 1.10 bits per heavy atom. The molecule has 0 saturated heterocycles. The highest BCUT2D eigenvalue weighted by Crippen LogP contribution is 2.26. The van der Waals surface area contributed by atoms with Gasteiger partial charge >= 0.3 is 0 Å². The average Bonchev–Trinajstić information content (AvgIpc) is 2.51. The molecule has 0 aliphatic rings. The van der Waals surface area contributed by atoms with Crippen LogP contribution < -0.4 is 5.73 Å². The van der Waals surface area contributed by atoms with Crippen molar-refractivity contribution in [3.63, 3.8) is 0 Å². The number of aromatic nitrogens is 2. The number of rotatable bonds is 7. The van der Waals surface area contributed by atoms with Crippen LogP contribution in [-0.4, -0.2) is 36.9 Å². The van der Waals surface area contributed by atoms with E-state index in [-0.39, 0.29) is 0 Å². The van der Waals surface area contributed by atoms with Crippen molar-refractivity contribution in [1.82, 2.24) is 9.97 Å². The molecule has 0 aliphatic carbocycles. The third-order valence-electron chi connectivity index (χ3n) is 2.87. The molecule has 1 heterocycles. The van der Waals surface area contributed by atoms with Crippen LogP contribution in [0, 0.1) is 3.57 Å². The summed E-state index contributed by atoms with van der Waals surface area (Å²) in [5.41, 5.74) is 7.90. The number of ether oxygens (including phenoxy) is 2. The Labute approximate surface area is 138 Å². The van der Waals surface area contributed by atoms with E-state index < -0.39 is 0 Å². The lowest BCUT2D eigenvalue weighted by Gasteiger charge is -2.09. The lowest BCUT2D eigenvalue weighted by atomic mass is 10.1. The number of hydrogen-bond donors (Lipinski definition) is 1. The van der Waals surface area contributed by atoms with Gasteiger partial charge in [-0.05, 0) is 22.6 Å². The van der Waals surface area contributed by atoms with Gasteiger partial charge in [-0.15, -0.1) is 0 Å². The molecule has 5 nitrogen and oxygen atoms in total. The third-order valence-corrected chi connectivity index (χ3v) is 3.94. The van der Waals surface area contributed by atoms with E-state index in [1.807, 2.05) is 30.3 Å². The monoisotopic (exact) mass is 399 g/mol. The summed E-state index contributed by atoms with van der Waals surface area (Å²) < 4.78 is 11.3. The SMILES string of the molecule is COCCOCCc1nc(N)c(I)c(-c2ccccc2)n1. The molecular formula is C15H18IN3O2. The van der Waals surface area contributed by atoms with Gasteiger partial charge < -0.3 is 15.2 Å². The van der Waals surface area contributed by atoms with Crippen LogP contribution >= 0.6 is 22.6 Å². The second-order valence-corrected chi connectivity index (χ2v) is 5.49. The molecule has 0 spiro atoms. The normalized spacial score (nSPS) is 10.8. The van der Waals surface area contributed by atoms with E-state index in [2.05, 4.69) is 32.6 Å². The maximum absolute atomic E-state index is 5.99. The molecule has 0 amide bonds. The van der Waals surface area contributed by atoms with E-state index >= 15 is 0 Å². The van der Waals surface area contributed by atoms with Gasteiger partial charge in [0.2, 0.25) is 0 Å². The Balaban J connectivity index is 2.12. The van der Waals surface area contributed by atoms with E-state index in [1.54, 1.807) is 7.11 Å². The predicted octanol–water partition coefficient (Wildman–Crippen LogP) is 2.54. The fourth-order valence-electron chi connectivity index (χ4n) is 1.82. The summed E-state index contributed by atoms with van der Waals surface area (Å²) in [5.74, 6) is 1.21. The maximum atomic E-state index is 5.99. The Morgan fingerprint density at radius 2 is 1.86 bits per heavy atom. The lowest BCUT2D eigenvalue weighted by molar-refractivity contribution is 0.0716. The summed E-state index contributed by atoms with van der Waals surface area (Å²) in [6.45, 7) is 1.71. The quantitative estimate of drug-likeness (QED) is 0.573. The molecule has 6 heteroatoms. The molecule has 2 aromatic rings. The van der Waals surface area contributed by atoms with Gasteiger partial charge in [0.25, 0.3) is 0 Å². The largest absolute Gasteiger partial charge is 0.383 e. The zero-order valence-corrected chi connectivity index (χ0v) is 14.0. The summed E-state index contributed by atoms with van der Waals surface area (Å²) in [6, 6.07) is 9.98. The van der Waals surface area contributed by atoms with Crippen LogP contribution in [0.1, 0.15) is 5.82 Å². The Bertz CT molecular complexity index is 579. The van der Waals surface area contributed by atoms with Crippen molar-refractivity contribution in [2.45, 2.75) is 6.42 Å². The molecule has 2 rings (SSSR count). The van der Waals surface area contributed by atoms with Gasteiger partial charge in [-0.2, -0.15) is 0 Å². The molecule has 0 aliphatic heterocycles. The minimum atomic E-state index is 0.511. The van der Waals surface area contributed by atoms with Crippen LogP contribution in [0.5, 0.6) is 0 Å². The number of benzene rings is 1. The van der Waals surface area contributed by atoms with Gasteiger partial charge in [-0.3, -0.25) is 0 Å². The molecular weight excluding hydrogens is 381 g/mol. The number of nitrogen functional groups attached to an aromatic ring is 1. The highest BCUT2D eigenvalue weighted by molar-refractivity contribution is 14.1. The first kappa shape index (κ1) is 16.1. The maximum Gasteiger partial charge on any atom is 0.141 e. The van der Waals surface area contributed by atoms with Crippen LogP contribution in [-0.2, 0) is 15.9 Å². The average molecular weight is 399 g/mol. The second-order valence-electron chi connectivity index (χ2n) is 4.41. The van der Waals surface area contributed by atoms with Crippen molar-refractivity contribution in [3.05, 3.63) is 39.7 Å². The lowest BCUT2D eigenvalue weighted by Crippen LogP contribution is -2.10. The third kappa shape index (κ3) is 4.62. The Hall–Kier alpha value is -1.25. The van der Waals surface area contributed by atoms with Crippen LogP contribution in [0.15, 0.2) is 30.3 Å². The van der Waals surface area contributed by atoms with Crippen molar-refractivity contribution >= 4 is 28.4 Å². The molecule has 1 aromatic heterocycles. The molecule has 21 heavy (non-hydrogen) atoms. The van der Waals surface area contributed by atoms with Crippen LogP contribution in [0.4, 0.5) is 5.82 Å². The summed E-state index contributed by atoms with van der Waals surface area (Å²) in [5, 5.41) is 0. The minimum absolute atomic E-state index is 0.511. The van der Waals surface area contributed by atoms with Gasteiger partial charge in [-0.1, -0.05) is 30.3 Å². The van der Waals surface area contributed by atoms with Gasteiger partial charge in [0.15, 0.2) is 0 Å². The van der Waals surface area contributed by atoms with Crippen LogP contribution in [0.25, 0.3) is 11.3 Å². The summed E-state index contributed by atoms with van der Waals surface area (Å²) in [7, 11) is 1.65. The standard InChI is InChI=1S/C15H18IN3O2/c1-20-9-10-21-8-7-12-18-14(13(16)15(17)19-12)11-5-3-2-4-6-11/h2-6H,7-10H2,1H3,(H2,17,18,19). The predicted molar refractivity (Wildman–Crippen MR) is 91.0 cm³/mol. The van der Waals surface area contributed by atoms with Gasteiger partial charge in [0.05, 0.1) is 29.1 Å². The smallest absolute Gasteiger partial charge is 0.141 e. The Kier molecular flexibility index (Phi) is 6.34. The first-order chi connectivity index (χ1) is 10.2. The highest BCUT2D eigenvalue weighted by Gasteiger charge is 2.11. The van der Waals surface area contributed by atoms with Gasteiger partial charge in [0.1, 0.15) is 11.6 Å². The minimum Gasteiger partial charge on any atom is -0.383 e. The van der Waals surface area contributed by atoms with Crippen molar-refractivity contribution < 1.29 is 9.47 Å². The number of hydrogen-bond acceptors (Lipinski definition) is 5. The van der Waals surface area contributed by atoms with Crippen LogP contribution in [0.2, 0.25) is 0 Å². The van der Waals surface area contributed by atoms with Crippen molar-refractivity contribution in [2.24, 2.45) is 0 Å². The van der Waals surface area contributed by atoms with E-state index in [9.17, 15) is 0 Å². The van der Waals surface area contributed by atoms with E-state index in [0.717, 1.165) is 14.8 Å². The molecule has 112 valence electrons. The van der Waals surface area contributed by atoms with Gasteiger partial charge in [-0.25, -0.2) is 9.97 Å². The zero-order valence-electron chi connectivity index (χ0n) is 11.9. The molecule has 0 saturated carbocycles. The van der Waals surface area contributed by atoms with Crippen molar-refractivity contribution in [1.29, 1.82) is 0 Å². The highest BCUT2D eigenvalue weighted by atomic mass is 127. The molecule has 1 aromatic carbocycles. The molecule has 0 bridgehead atoms. The second kappa shape index (κ2) is 8.26. The van der Waals surface area contributed by atoms with Crippen molar-refractivity contribution in [3.8, 4) is 11.3 Å². The van der Waals surface area contributed by atoms with Crippen LogP contribution in [0.3, 0.4) is 0 Å². The van der Waals surface area contributed by atoms with Crippen molar-refractivity contribution in [2.75, 3.05) is 32.7 Å². The number of nitrogens with zero attached hydrogens (tertiary/aromatic N) is 2. The van der Waals surface area contributed by atoms with E-state index in [1.165, 1.54) is 0 Å². The first-order valence-corrected chi connectivity index (χ1v) is 7.74. The Morgan fingerprint density at radius 3 is 2.57 bits per heavy atom. The first-order valence-electron chi connectivity index (χ1n) is 6.66. The molecule has 0 unspecified atom stereocenters. The fourth-order valence-corrected chi connectivity index (χ4v) is 2.37. The topological polar surface area (TPSA) is 70.3 Å². The number of methoxy groups -OCH3 is 1. The van der Waals surface area contributed by atoms with E-state index in [4.69, 9.17) is 15.2 Å². The van der Waals surface area contributed by atoms with Gasteiger partial charge in [0, 0.05) is 19.1 Å².